The molecule has 0 saturated carbocycles. The van der Waals surface area contributed by atoms with E-state index in [0.29, 0.717) is 29.7 Å². The van der Waals surface area contributed by atoms with Crippen molar-refractivity contribution in [2.45, 2.75) is 31.7 Å². The summed E-state index contributed by atoms with van der Waals surface area (Å²) in [5, 5.41) is 3.18. The van der Waals surface area contributed by atoms with Gasteiger partial charge in [-0.25, -0.2) is 0 Å². The zero-order valence-corrected chi connectivity index (χ0v) is 22.4. The number of ether oxygens (including phenoxy) is 2. The van der Waals surface area contributed by atoms with Crippen LogP contribution in [-0.4, -0.2) is 89.5 Å². The molecule has 0 unspecified atom stereocenters. The van der Waals surface area contributed by atoms with E-state index in [2.05, 4.69) is 10.2 Å². The fourth-order valence-electron chi connectivity index (χ4n) is 4.86. The van der Waals surface area contributed by atoms with Crippen molar-refractivity contribution in [3.63, 3.8) is 0 Å². The maximum atomic E-state index is 13.1. The third-order valence-corrected chi connectivity index (χ3v) is 9.39. The molecule has 2 fully saturated rings. The zero-order chi connectivity index (χ0) is 25.1. The molecule has 0 aliphatic carbocycles. The van der Waals surface area contributed by atoms with E-state index in [1.54, 1.807) is 19.2 Å². The third kappa shape index (κ3) is 6.02. The Morgan fingerprint density at radius 1 is 1.03 bits per heavy atom. The fourth-order valence-corrected chi connectivity index (χ4v) is 7.48. The topological polar surface area (TPSA) is 71.1 Å². The van der Waals surface area contributed by atoms with Crippen LogP contribution in [-0.2, 0) is 16.1 Å². The van der Waals surface area contributed by atoms with Gasteiger partial charge in [0.2, 0.25) is 5.91 Å². The summed E-state index contributed by atoms with van der Waals surface area (Å²) >= 11 is 4.01. The Morgan fingerprint density at radius 3 is 2.64 bits per heavy atom. The smallest absolute Gasteiger partial charge is 0.254 e. The van der Waals surface area contributed by atoms with Gasteiger partial charge in [0, 0.05) is 54.8 Å². The van der Waals surface area contributed by atoms with E-state index < -0.39 is 0 Å². The molecule has 0 radical (unpaired) electrons. The maximum Gasteiger partial charge on any atom is 0.254 e. The first-order chi connectivity index (χ1) is 17.5. The van der Waals surface area contributed by atoms with Gasteiger partial charge in [-0.1, -0.05) is 18.2 Å². The molecule has 1 N–H and O–H groups in total. The lowest BCUT2D eigenvalue weighted by Crippen LogP contribution is -2.48. The molecular formula is C27H33N3O4S2. The number of aryl methyl sites for hydroxylation is 1. The van der Waals surface area contributed by atoms with Gasteiger partial charge in [0.25, 0.3) is 5.91 Å². The van der Waals surface area contributed by atoms with Crippen molar-refractivity contribution in [2.24, 2.45) is 0 Å². The quantitative estimate of drug-likeness (QED) is 0.610. The number of hydrogen-bond acceptors (Lipinski definition) is 7. The molecule has 2 atom stereocenters. The van der Waals surface area contributed by atoms with Crippen molar-refractivity contribution in [3.05, 3.63) is 59.2 Å². The molecule has 2 aromatic carbocycles. The Morgan fingerprint density at radius 2 is 1.83 bits per heavy atom. The molecule has 2 amide bonds. The van der Waals surface area contributed by atoms with Gasteiger partial charge in [-0.05, 0) is 42.3 Å². The molecule has 0 aromatic heterocycles. The molecule has 3 heterocycles. The fraction of sp³-hybridized carbons (Fsp3) is 0.481. The number of amides is 2. The van der Waals surface area contributed by atoms with Crippen LogP contribution < -0.4 is 10.1 Å². The van der Waals surface area contributed by atoms with Crippen molar-refractivity contribution in [3.8, 4) is 11.5 Å². The minimum Gasteiger partial charge on any atom is -0.457 e. The molecule has 5 rings (SSSR count). The third-order valence-electron chi connectivity index (χ3n) is 6.90. The number of likely N-dealkylation sites (tertiary alicyclic amines) is 1. The number of carbonyl (C=O) groups excluding carboxylic acids is 2. The van der Waals surface area contributed by atoms with Gasteiger partial charge in [-0.15, -0.1) is 0 Å². The van der Waals surface area contributed by atoms with Crippen LogP contribution in [0.5, 0.6) is 11.5 Å². The zero-order valence-electron chi connectivity index (χ0n) is 20.8. The first-order valence-electron chi connectivity index (χ1n) is 12.4. The van der Waals surface area contributed by atoms with Gasteiger partial charge in [-0.3, -0.25) is 14.5 Å². The minimum atomic E-state index is -0.218. The van der Waals surface area contributed by atoms with Crippen LogP contribution in [0, 0.1) is 6.92 Å². The summed E-state index contributed by atoms with van der Waals surface area (Å²) in [6, 6.07) is 13.6. The van der Waals surface area contributed by atoms with E-state index >= 15 is 0 Å². The Labute approximate surface area is 221 Å². The number of nitrogens with one attached hydrogen (secondary N) is 1. The summed E-state index contributed by atoms with van der Waals surface area (Å²) in [6.45, 7) is 3.91. The van der Waals surface area contributed by atoms with Gasteiger partial charge in [-0.2, -0.15) is 23.5 Å². The van der Waals surface area contributed by atoms with Gasteiger partial charge < -0.3 is 19.7 Å². The summed E-state index contributed by atoms with van der Waals surface area (Å²) in [7, 11) is 1.66. The number of carbonyl (C=O) groups is 2. The molecule has 4 bridgehead atoms. The average molecular weight is 528 g/mol. The van der Waals surface area contributed by atoms with Gasteiger partial charge >= 0.3 is 0 Å². The summed E-state index contributed by atoms with van der Waals surface area (Å²) in [4.78, 5) is 30.1. The summed E-state index contributed by atoms with van der Waals surface area (Å²) in [6.07, 6.45) is -0.124. The Bertz CT molecular complexity index is 1110. The van der Waals surface area contributed by atoms with E-state index in [9.17, 15) is 9.59 Å². The molecule has 3 aliphatic heterocycles. The molecule has 2 aromatic rings. The van der Waals surface area contributed by atoms with Crippen molar-refractivity contribution in [2.75, 3.05) is 49.7 Å². The van der Waals surface area contributed by atoms with Crippen LogP contribution in [0.1, 0.15) is 21.5 Å². The molecular weight excluding hydrogens is 494 g/mol. The Kier molecular flexibility index (Phi) is 8.10. The van der Waals surface area contributed by atoms with Crippen LogP contribution in [0.2, 0.25) is 0 Å². The van der Waals surface area contributed by atoms with Crippen molar-refractivity contribution in [1.29, 1.82) is 0 Å². The summed E-state index contributed by atoms with van der Waals surface area (Å²) in [5.74, 6) is 5.53. The molecule has 2 saturated heterocycles. The number of likely N-dealkylation sites (N-methyl/N-ethyl adjacent to an activating group) is 1. The molecule has 7 nitrogen and oxygen atoms in total. The largest absolute Gasteiger partial charge is 0.457 e. The molecule has 9 heteroatoms. The number of fused-ring (bicyclic) bond motifs is 5. The predicted octanol–water partition coefficient (Wildman–Crippen LogP) is 3.41. The monoisotopic (exact) mass is 527 g/mol. The lowest BCUT2D eigenvalue weighted by molar-refractivity contribution is -0.123. The number of thioether (sulfide) groups is 2. The van der Waals surface area contributed by atoms with Crippen molar-refractivity contribution < 1.29 is 19.1 Å². The molecule has 0 spiro atoms. The number of rotatable bonds is 1. The van der Waals surface area contributed by atoms with E-state index in [-0.39, 0.29) is 30.5 Å². The van der Waals surface area contributed by atoms with Crippen LogP contribution in [0.4, 0.5) is 0 Å². The van der Waals surface area contributed by atoms with Crippen LogP contribution in [0.25, 0.3) is 0 Å². The lowest BCUT2D eigenvalue weighted by Gasteiger charge is -2.25. The van der Waals surface area contributed by atoms with Crippen LogP contribution in [0.3, 0.4) is 0 Å². The van der Waals surface area contributed by atoms with Crippen LogP contribution >= 0.6 is 23.5 Å². The second-order valence-electron chi connectivity index (χ2n) is 9.67. The van der Waals surface area contributed by atoms with Crippen molar-refractivity contribution in [1.82, 2.24) is 15.1 Å². The SMILES string of the molecule is Cc1ccc2cc1Oc1cccc(c1)CO[C@H]1CN(C3CSCCSC3)C[C@@H]1NC(=O)CN(C)C2=O. The van der Waals surface area contributed by atoms with E-state index in [0.717, 1.165) is 35.7 Å². The summed E-state index contributed by atoms with van der Waals surface area (Å²) in [5.41, 5.74) is 2.43. The summed E-state index contributed by atoms with van der Waals surface area (Å²) < 4.78 is 12.6. The van der Waals surface area contributed by atoms with Crippen molar-refractivity contribution >= 4 is 35.3 Å². The minimum absolute atomic E-state index is 0.0136. The number of hydrogen-bond donors (Lipinski definition) is 1. The average Bonchev–Trinajstić information content (AvgIpc) is 3.06. The highest BCUT2D eigenvalue weighted by molar-refractivity contribution is 8.03. The Balaban J connectivity index is 1.41. The van der Waals surface area contributed by atoms with Gasteiger partial charge in [0.15, 0.2) is 0 Å². The second-order valence-corrected chi connectivity index (χ2v) is 12.0. The highest BCUT2D eigenvalue weighted by Gasteiger charge is 2.38. The second kappa shape index (κ2) is 11.5. The Hall–Kier alpha value is -2.20. The predicted molar refractivity (Wildman–Crippen MR) is 145 cm³/mol. The standard InChI is InChI=1S/C27H33N3O4S2/c1-18-6-7-20-11-24(18)34-22-5-3-4-19(10-22)15-33-25-13-30(21-16-35-8-9-36-17-21)12-23(25)28-26(31)14-29(2)27(20)32/h3-7,10-11,21,23,25H,8-9,12-17H2,1-2H3,(H,28,31)/t23-,25-/m0/s1. The lowest BCUT2D eigenvalue weighted by atomic mass is 10.1. The highest BCUT2D eigenvalue weighted by atomic mass is 32.2. The van der Waals surface area contributed by atoms with Crippen LogP contribution in [0.15, 0.2) is 42.5 Å². The molecule has 3 aliphatic rings. The van der Waals surface area contributed by atoms with E-state index in [1.807, 2.05) is 60.8 Å². The number of benzene rings is 2. The highest BCUT2D eigenvalue weighted by Crippen LogP contribution is 2.29. The first-order valence-corrected chi connectivity index (χ1v) is 14.7. The molecule has 36 heavy (non-hydrogen) atoms. The van der Waals surface area contributed by atoms with E-state index in [1.165, 1.54) is 16.4 Å². The number of nitrogens with zero attached hydrogens (tertiary/aromatic N) is 2. The molecule has 192 valence electrons. The van der Waals surface area contributed by atoms with Gasteiger partial charge in [0.1, 0.15) is 11.5 Å². The maximum absolute atomic E-state index is 13.1. The first kappa shape index (κ1) is 25.4. The van der Waals surface area contributed by atoms with Gasteiger partial charge in [0.05, 0.1) is 25.3 Å². The normalized spacial score (nSPS) is 24.6. The van der Waals surface area contributed by atoms with E-state index in [4.69, 9.17) is 9.47 Å².